The topological polar surface area (TPSA) is 274 Å². The minimum Gasteiger partial charge on any atom is -0.368 e. The number of primary amides is 1. The van der Waals surface area contributed by atoms with Crippen LogP contribution in [0.3, 0.4) is 0 Å². The van der Waals surface area contributed by atoms with Crippen molar-refractivity contribution in [2.75, 3.05) is 6.54 Å². The van der Waals surface area contributed by atoms with E-state index >= 15 is 0 Å². The predicted octanol–water partition coefficient (Wildman–Crippen LogP) is 3.43. The molecule has 0 saturated heterocycles. The molecule has 2 aromatic heterocycles. The molecular formula is C53H71N11O6. The first-order valence-corrected chi connectivity index (χ1v) is 24.7. The Labute approximate surface area is 410 Å². The van der Waals surface area contributed by atoms with Crippen LogP contribution in [0.4, 0.5) is 0 Å². The zero-order valence-corrected chi connectivity index (χ0v) is 40.4. The smallest absolute Gasteiger partial charge is 0.243 e. The highest BCUT2D eigenvalue weighted by molar-refractivity contribution is 5.97. The van der Waals surface area contributed by atoms with Crippen LogP contribution in [0.5, 0.6) is 0 Å². The van der Waals surface area contributed by atoms with Crippen molar-refractivity contribution in [1.29, 1.82) is 0 Å². The molecule has 0 aliphatic heterocycles. The molecule has 6 rings (SSSR count). The first-order chi connectivity index (χ1) is 33.8. The van der Waals surface area contributed by atoms with Crippen molar-refractivity contribution in [1.82, 2.24) is 41.1 Å². The van der Waals surface area contributed by atoms with Crippen molar-refractivity contribution in [2.24, 2.45) is 29.0 Å². The lowest BCUT2D eigenvalue weighted by Crippen LogP contribution is -2.60. The average Bonchev–Trinajstić information content (AvgIpc) is 3.98. The van der Waals surface area contributed by atoms with E-state index in [1.54, 1.807) is 18.7 Å². The number of nitrogens with two attached hydrogens (primary N) is 3. The van der Waals surface area contributed by atoms with Gasteiger partial charge in [-0.15, -0.1) is 0 Å². The van der Waals surface area contributed by atoms with Gasteiger partial charge in [-0.25, -0.2) is 4.98 Å². The van der Waals surface area contributed by atoms with Gasteiger partial charge in [0.15, 0.2) is 0 Å². The van der Waals surface area contributed by atoms with Crippen molar-refractivity contribution >= 4 is 46.3 Å². The highest BCUT2D eigenvalue weighted by atomic mass is 16.2. The number of benzene rings is 3. The second-order valence-electron chi connectivity index (χ2n) is 19.1. The van der Waals surface area contributed by atoms with Crippen molar-refractivity contribution in [3.05, 3.63) is 126 Å². The summed E-state index contributed by atoms with van der Waals surface area (Å²) < 4.78 is 1.88. The summed E-state index contributed by atoms with van der Waals surface area (Å²) in [5.41, 5.74) is 21.8. The Morgan fingerprint density at radius 3 is 1.93 bits per heavy atom. The van der Waals surface area contributed by atoms with E-state index in [4.69, 9.17) is 17.2 Å². The van der Waals surface area contributed by atoms with Crippen LogP contribution < -0.4 is 43.8 Å². The van der Waals surface area contributed by atoms with Gasteiger partial charge in [-0.05, 0) is 66.8 Å². The minimum atomic E-state index is -1.18. The zero-order valence-electron chi connectivity index (χ0n) is 40.4. The third kappa shape index (κ3) is 15.8. The number of hydrogen-bond acceptors (Lipinski definition) is 9. The van der Waals surface area contributed by atoms with E-state index in [1.807, 2.05) is 103 Å². The summed E-state index contributed by atoms with van der Waals surface area (Å²) in [5.74, 6) is -3.64. The molecule has 70 heavy (non-hydrogen) atoms. The Morgan fingerprint density at radius 2 is 1.26 bits per heavy atom. The van der Waals surface area contributed by atoms with E-state index in [1.165, 1.54) is 0 Å². The maximum absolute atomic E-state index is 14.7. The van der Waals surface area contributed by atoms with Crippen LogP contribution in [0.15, 0.2) is 104 Å². The van der Waals surface area contributed by atoms with Gasteiger partial charge in [0.05, 0.1) is 18.1 Å². The lowest BCUT2D eigenvalue weighted by Gasteiger charge is -2.30. The number of aromatic nitrogens is 3. The number of imidazole rings is 1. The number of para-hydroxylation sites is 1. The van der Waals surface area contributed by atoms with Crippen molar-refractivity contribution in [2.45, 2.75) is 134 Å². The minimum absolute atomic E-state index is 0.0163. The summed E-state index contributed by atoms with van der Waals surface area (Å²) in [6, 6.07) is 20.1. The van der Waals surface area contributed by atoms with Crippen LogP contribution in [0.1, 0.15) is 94.0 Å². The number of nitrogens with zero attached hydrogens (tertiary/aromatic N) is 2. The van der Waals surface area contributed by atoms with Gasteiger partial charge in [0.2, 0.25) is 35.4 Å². The monoisotopic (exact) mass is 958 g/mol. The highest BCUT2D eigenvalue weighted by Crippen LogP contribution is 2.28. The Hall–Kier alpha value is -6.85. The summed E-state index contributed by atoms with van der Waals surface area (Å²) in [6.45, 7) is 4.74. The molecule has 6 amide bonds. The van der Waals surface area contributed by atoms with E-state index in [0.717, 1.165) is 59.7 Å². The third-order valence-electron chi connectivity index (χ3n) is 12.9. The molecule has 1 saturated carbocycles. The highest BCUT2D eigenvalue weighted by Gasteiger charge is 2.35. The quantitative estimate of drug-likeness (QED) is 0.0392. The largest absolute Gasteiger partial charge is 0.368 e. The van der Waals surface area contributed by atoms with Gasteiger partial charge in [-0.3, -0.25) is 28.8 Å². The van der Waals surface area contributed by atoms with E-state index in [0.29, 0.717) is 38.0 Å². The molecule has 374 valence electrons. The zero-order chi connectivity index (χ0) is 50.0. The number of fused-ring (bicyclic) bond motifs is 1. The fraction of sp³-hybridized carbons (Fsp3) is 0.453. The second kappa shape index (κ2) is 26.2. The number of amides is 6. The van der Waals surface area contributed by atoms with Crippen molar-refractivity contribution in [3.8, 4) is 0 Å². The molecule has 2 heterocycles. The van der Waals surface area contributed by atoms with Gasteiger partial charge >= 0.3 is 0 Å². The first kappa shape index (κ1) is 52.5. The van der Waals surface area contributed by atoms with Crippen LogP contribution in [0, 0.1) is 11.8 Å². The number of carbonyl (C=O) groups is 6. The van der Waals surface area contributed by atoms with E-state index < -0.39 is 71.7 Å². The van der Waals surface area contributed by atoms with Gasteiger partial charge in [-0.1, -0.05) is 125 Å². The number of carbonyl (C=O) groups excluding carboxylic acids is 6. The molecule has 3 aromatic carbocycles. The molecule has 12 N–H and O–H groups in total. The molecule has 0 unspecified atom stereocenters. The predicted molar refractivity (Wildman–Crippen MR) is 269 cm³/mol. The van der Waals surface area contributed by atoms with Gasteiger partial charge in [0, 0.05) is 49.1 Å². The van der Waals surface area contributed by atoms with Crippen LogP contribution in [-0.2, 0) is 54.6 Å². The molecule has 6 atom stereocenters. The van der Waals surface area contributed by atoms with E-state index in [9.17, 15) is 28.8 Å². The number of H-pyrrole nitrogens is 1. The van der Waals surface area contributed by atoms with Crippen LogP contribution in [0.2, 0.25) is 0 Å². The van der Waals surface area contributed by atoms with Crippen LogP contribution >= 0.6 is 0 Å². The SMILES string of the molecule is CC(C)C[C@@H](NC(=O)[C@H](CC1CCCCC1)NC(=O)[C@@H](Cc1c[nH]c2ccccc12)NC(=O)[C@@H](N)CCCN)C(=O)N[C@H](Cc1ccccc1)C(=O)N[C@@H](Cc1cn(Cc2ccccc2)cn1)C(N)=O. The number of hydrogen-bond donors (Lipinski definition) is 9. The Balaban J connectivity index is 1.21. The lowest BCUT2D eigenvalue weighted by molar-refractivity contribution is -0.135. The van der Waals surface area contributed by atoms with E-state index in [2.05, 4.69) is 36.6 Å². The fourth-order valence-corrected chi connectivity index (χ4v) is 9.14. The second-order valence-corrected chi connectivity index (χ2v) is 19.1. The number of aromatic amines is 1. The lowest BCUT2D eigenvalue weighted by atomic mass is 9.84. The van der Waals surface area contributed by atoms with Crippen LogP contribution in [-0.4, -0.2) is 92.8 Å². The summed E-state index contributed by atoms with van der Waals surface area (Å²) in [7, 11) is 0. The molecule has 0 radical (unpaired) electrons. The maximum Gasteiger partial charge on any atom is 0.243 e. The van der Waals surface area contributed by atoms with E-state index in [-0.39, 0.29) is 37.5 Å². The fourth-order valence-electron chi connectivity index (χ4n) is 9.14. The van der Waals surface area contributed by atoms with Crippen molar-refractivity contribution in [3.63, 3.8) is 0 Å². The average molecular weight is 958 g/mol. The standard InChI is InChI=1S/C53H71N11O6/c1-34(2)25-44(50(67)62-45(26-35-15-6-3-7-16-35)51(68)59-43(48(56)65)29-39-32-64(33-58-39)31-37-19-10-5-11-20-37)61-52(69)46(27-36-17-8-4-9-18-36)63-53(70)47(60-49(66)41(55)22-14-24-54)28-38-30-57-42-23-13-12-21-40(38)42/h3,5-7,10-13,15-16,19-21,23,30,32-34,36,41,43-47,57H,4,8-9,14,17-18,22,24-29,31,54-55H2,1-2H3,(H2,56,65)(H,59,68)(H,60,66)(H,61,69)(H,62,67)(H,63,70)/t41-,43-,44+,45+,46-,47+/m0/s1. The maximum atomic E-state index is 14.7. The molecule has 17 heteroatoms. The molecular weight excluding hydrogens is 887 g/mol. The molecule has 0 bridgehead atoms. The molecule has 1 fully saturated rings. The Kier molecular flexibility index (Phi) is 19.7. The van der Waals surface area contributed by atoms with Gasteiger partial charge in [0.1, 0.15) is 30.2 Å². The molecule has 5 aromatic rings. The van der Waals surface area contributed by atoms with Crippen molar-refractivity contribution < 1.29 is 28.8 Å². The summed E-state index contributed by atoms with van der Waals surface area (Å²) in [5, 5.41) is 15.3. The summed E-state index contributed by atoms with van der Waals surface area (Å²) >= 11 is 0. The van der Waals surface area contributed by atoms with Gasteiger partial charge in [0.25, 0.3) is 0 Å². The van der Waals surface area contributed by atoms with Crippen LogP contribution in [0.25, 0.3) is 10.9 Å². The number of rotatable bonds is 26. The normalized spacial score (nSPS) is 15.5. The third-order valence-corrected chi connectivity index (χ3v) is 12.9. The molecule has 1 aliphatic carbocycles. The molecule has 0 spiro atoms. The first-order valence-electron chi connectivity index (χ1n) is 24.7. The summed E-state index contributed by atoms with van der Waals surface area (Å²) in [4.78, 5) is 91.9. The number of nitrogens with one attached hydrogen (secondary N) is 6. The van der Waals surface area contributed by atoms with Gasteiger partial charge < -0.3 is 53.3 Å². The summed E-state index contributed by atoms with van der Waals surface area (Å²) in [6.07, 6.45) is 11.6. The Morgan fingerprint density at radius 1 is 0.686 bits per heavy atom. The Bertz CT molecular complexity index is 2490. The molecule has 17 nitrogen and oxygen atoms in total. The molecule has 1 aliphatic rings. The van der Waals surface area contributed by atoms with Gasteiger partial charge in [-0.2, -0.15) is 0 Å².